The molecule has 32 heavy (non-hydrogen) atoms. The first-order chi connectivity index (χ1) is 15.2. The number of alkyl halides is 3. The van der Waals surface area contributed by atoms with Gasteiger partial charge in [-0.1, -0.05) is 12.1 Å². The molecule has 0 aliphatic heterocycles. The first-order valence-corrected chi connectivity index (χ1v) is 9.41. The largest absolute Gasteiger partial charge is 0.481 e. The number of halogens is 3. The molecule has 1 aromatic carbocycles. The number of carbonyl (C=O) groups excluding carboxylic acids is 1. The second-order valence-corrected chi connectivity index (χ2v) is 6.68. The van der Waals surface area contributed by atoms with E-state index in [4.69, 9.17) is 5.11 Å². The molecule has 0 aliphatic carbocycles. The van der Waals surface area contributed by atoms with Crippen LogP contribution < -0.4 is 10.6 Å². The highest BCUT2D eigenvalue weighted by atomic mass is 19.4. The summed E-state index contributed by atoms with van der Waals surface area (Å²) in [4.78, 5) is 34.9. The van der Waals surface area contributed by atoms with Crippen LogP contribution in [0.3, 0.4) is 0 Å². The van der Waals surface area contributed by atoms with Crippen LogP contribution >= 0.6 is 0 Å². The normalized spacial score (nSPS) is 11.1. The number of rotatable bonds is 8. The Morgan fingerprint density at radius 1 is 0.938 bits per heavy atom. The minimum absolute atomic E-state index is 0.0244. The number of carboxylic acid groups (broad SMARTS) is 1. The zero-order valence-corrected chi connectivity index (χ0v) is 16.6. The van der Waals surface area contributed by atoms with E-state index >= 15 is 0 Å². The molecule has 0 saturated carbocycles. The Hall–Kier alpha value is -4.02. The van der Waals surface area contributed by atoms with Gasteiger partial charge in [-0.25, -0.2) is 15.0 Å². The summed E-state index contributed by atoms with van der Waals surface area (Å²) in [6.07, 6.45) is -0.0962. The van der Waals surface area contributed by atoms with Crippen molar-refractivity contribution in [1.29, 1.82) is 0 Å². The first-order valence-electron chi connectivity index (χ1n) is 9.41. The summed E-state index contributed by atoms with van der Waals surface area (Å²) in [6.45, 7) is 0.362. The van der Waals surface area contributed by atoms with Crippen LogP contribution in [0.5, 0.6) is 0 Å². The Morgan fingerprint density at radius 3 is 2.19 bits per heavy atom. The van der Waals surface area contributed by atoms with Gasteiger partial charge in [0.2, 0.25) is 0 Å². The summed E-state index contributed by atoms with van der Waals surface area (Å²) in [5, 5.41) is 14.1. The van der Waals surface area contributed by atoms with E-state index in [1.54, 1.807) is 24.5 Å². The van der Waals surface area contributed by atoms with Gasteiger partial charge in [0.1, 0.15) is 5.82 Å². The molecule has 0 saturated heterocycles. The van der Waals surface area contributed by atoms with Crippen LogP contribution in [0.2, 0.25) is 0 Å². The lowest BCUT2D eigenvalue weighted by Gasteiger charge is -2.08. The van der Waals surface area contributed by atoms with Gasteiger partial charge in [0.25, 0.3) is 5.91 Å². The third-order valence-corrected chi connectivity index (χ3v) is 4.30. The minimum Gasteiger partial charge on any atom is -0.481 e. The Bertz CT molecular complexity index is 1070. The Balaban J connectivity index is 1.54. The molecule has 11 heteroatoms. The Morgan fingerprint density at radius 2 is 1.62 bits per heavy atom. The molecule has 3 rings (SSSR count). The summed E-state index contributed by atoms with van der Waals surface area (Å²) >= 11 is 0. The number of carbonyl (C=O) groups is 2. The zero-order valence-electron chi connectivity index (χ0n) is 16.6. The lowest BCUT2D eigenvalue weighted by Crippen LogP contribution is -2.26. The van der Waals surface area contributed by atoms with Gasteiger partial charge in [0.15, 0.2) is 5.82 Å². The van der Waals surface area contributed by atoms with Crippen LogP contribution in [0.1, 0.15) is 27.9 Å². The lowest BCUT2D eigenvalue weighted by atomic mass is 10.1. The molecule has 0 aliphatic rings. The van der Waals surface area contributed by atoms with Crippen LogP contribution in [0.4, 0.5) is 19.0 Å². The number of pyridine rings is 1. The van der Waals surface area contributed by atoms with Crippen molar-refractivity contribution in [2.24, 2.45) is 0 Å². The van der Waals surface area contributed by atoms with Gasteiger partial charge in [-0.15, -0.1) is 0 Å². The van der Waals surface area contributed by atoms with Crippen LogP contribution in [-0.4, -0.2) is 38.5 Å². The second-order valence-electron chi connectivity index (χ2n) is 6.68. The average molecular weight is 445 g/mol. The van der Waals surface area contributed by atoms with Gasteiger partial charge in [0.05, 0.1) is 17.5 Å². The van der Waals surface area contributed by atoms with E-state index in [1.165, 1.54) is 18.3 Å². The first kappa shape index (κ1) is 22.7. The molecule has 0 bridgehead atoms. The maximum Gasteiger partial charge on any atom is 0.416 e. The smallest absolute Gasteiger partial charge is 0.416 e. The fraction of sp³-hybridized carbons (Fsp3) is 0.190. The maximum atomic E-state index is 12.7. The van der Waals surface area contributed by atoms with Crippen molar-refractivity contribution < 1.29 is 27.9 Å². The Labute approximate surface area is 180 Å². The molecule has 0 spiro atoms. The molecule has 1 amide bonds. The summed E-state index contributed by atoms with van der Waals surface area (Å²) < 4.78 is 38.0. The summed E-state index contributed by atoms with van der Waals surface area (Å²) in [5.41, 5.74) is 0.748. The van der Waals surface area contributed by atoms with E-state index in [1.807, 2.05) is 0 Å². The predicted molar refractivity (Wildman–Crippen MR) is 109 cm³/mol. The molecule has 166 valence electrons. The molecular formula is C21H18F3N5O3. The van der Waals surface area contributed by atoms with Crippen molar-refractivity contribution in [3.63, 3.8) is 0 Å². The fourth-order valence-corrected chi connectivity index (χ4v) is 2.61. The van der Waals surface area contributed by atoms with Gasteiger partial charge >= 0.3 is 12.1 Å². The highest BCUT2D eigenvalue weighted by molar-refractivity contribution is 5.94. The quantitative estimate of drug-likeness (QED) is 0.487. The van der Waals surface area contributed by atoms with Crippen LogP contribution in [0.15, 0.2) is 55.0 Å². The third-order valence-electron chi connectivity index (χ3n) is 4.30. The zero-order chi connectivity index (χ0) is 23.1. The highest BCUT2D eigenvalue weighted by Crippen LogP contribution is 2.30. The highest BCUT2D eigenvalue weighted by Gasteiger charge is 2.30. The number of benzene rings is 1. The summed E-state index contributed by atoms with van der Waals surface area (Å²) in [5.74, 6) is -0.616. The molecule has 8 nitrogen and oxygen atoms in total. The molecule has 3 aromatic rings. The number of aromatic nitrogens is 3. The van der Waals surface area contributed by atoms with Crippen molar-refractivity contribution in [2.75, 3.05) is 11.9 Å². The summed E-state index contributed by atoms with van der Waals surface area (Å²) in [7, 11) is 0. The molecule has 0 unspecified atom stereocenters. The van der Waals surface area contributed by atoms with Gasteiger partial charge in [0, 0.05) is 42.8 Å². The third kappa shape index (κ3) is 6.24. The molecule has 2 heterocycles. The van der Waals surface area contributed by atoms with Crippen molar-refractivity contribution in [3.8, 4) is 11.4 Å². The second kappa shape index (κ2) is 9.86. The molecular weight excluding hydrogens is 427 g/mol. The van der Waals surface area contributed by atoms with Crippen molar-refractivity contribution in [2.45, 2.75) is 19.1 Å². The number of anilines is 1. The van der Waals surface area contributed by atoms with Gasteiger partial charge in [-0.05, 0) is 24.3 Å². The van der Waals surface area contributed by atoms with E-state index in [2.05, 4.69) is 25.6 Å². The van der Waals surface area contributed by atoms with E-state index in [0.717, 1.165) is 17.7 Å². The SMILES string of the molecule is O=C(O)CCNC(=O)c1ccc(NCc2cnc(-c3ccc(C(F)(F)F)cc3)nc2)nc1. The number of hydrogen-bond donors (Lipinski definition) is 3. The van der Waals surface area contributed by atoms with E-state index in [-0.39, 0.29) is 13.0 Å². The van der Waals surface area contributed by atoms with Crippen LogP contribution in [-0.2, 0) is 17.5 Å². The van der Waals surface area contributed by atoms with E-state index < -0.39 is 23.6 Å². The molecule has 0 atom stereocenters. The van der Waals surface area contributed by atoms with Gasteiger partial charge < -0.3 is 15.7 Å². The number of nitrogens with one attached hydrogen (secondary N) is 2. The number of hydrogen-bond acceptors (Lipinski definition) is 6. The lowest BCUT2D eigenvalue weighted by molar-refractivity contribution is -0.138. The Kier molecular flexibility index (Phi) is 6.98. The minimum atomic E-state index is -4.40. The number of amides is 1. The van der Waals surface area contributed by atoms with Gasteiger partial charge in [-0.3, -0.25) is 9.59 Å². The fourth-order valence-electron chi connectivity index (χ4n) is 2.61. The van der Waals surface area contributed by atoms with Crippen LogP contribution in [0, 0.1) is 0 Å². The van der Waals surface area contributed by atoms with E-state index in [9.17, 15) is 22.8 Å². The topological polar surface area (TPSA) is 117 Å². The van der Waals surface area contributed by atoms with Gasteiger partial charge in [-0.2, -0.15) is 13.2 Å². The maximum absolute atomic E-state index is 12.7. The average Bonchev–Trinajstić information content (AvgIpc) is 2.77. The molecule has 3 N–H and O–H groups in total. The predicted octanol–water partition coefficient (Wildman–Crippen LogP) is 3.37. The number of nitrogens with zero attached hydrogens (tertiary/aromatic N) is 3. The van der Waals surface area contributed by atoms with Crippen molar-refractivity contribution in [1.82, 2.24) is 20.3 Å². The monoisotopic (exact) mass is 445 g/mol. The van der Waals surface area contributed by atoms with Crippen molar-refractivity contribution in [3.05, 3.63) is 71.7 Å². The van der Waals surface area contributed by atoms with Crippen molar-refractivity contribution >= 4 is 17.7 Å². The molecule has 0 radical (unpaired) electrons. The number of carboxylic acids is 1. The number of aliphatic carboxylic acids is 1. The molecule has 2 aromatic heterocycles. The summed E-state index contributed by atoms with van der Waals surface area (Å²) in [6, 6.07) is 7.75. The molecule has 0 fully saturated rings. The van der Waals surface area contributed by atoms with E-state index in [0.29, 0.717) is 29.3 Å². The van der Waals surface area contributed by atoms with Crippen LogP contribution in [0.25, 0.3) is 11.4 Å². The standard InChI is InChI=1S/C21H18F3N5O3/c22-21(23,24)16-4-1-14(2-5-16)19-28-10-13(11-29-19)9-26-17-6-3-15(12-27-17)20(32)25-8-7-18(30)31/h1-6,10-12H,7-9H2,(H,25,32)(H,26,27)(H,30,31).